The maximum absolute atomic E-state index is 11.8. The summed E-state index contributed by atoms with van der Waals surface area (Å²) in [7, 11) is 0. The van der Waals surface area contributed by atoms with Crippen molar-refractivity contribution in [2.24, 2.45) is 5.73 Å². The van der Waals surface area contributed by atoms with Gasteiger partial charge in [-0.2, -0.15) is 0 Å². The molecule has 0 aliphatic heterocycles. The molecule has 0 atom stereocenters. The first-order valence-corrected chi connectivity index (χ1v) is 7.77. The van der Waals surface area contributed by atoms with Gasteiger partial charge in [0.1, 0.15) is 0 Å². The molecule has 2 aromatic rings. The molecule has 0 aliphatic rings. The summed E-state index contributed by atoms with van der Waals surface area (Å²) in [5, 5.41) is 3.22. The molecule has 0 radical (unpaired) electrons. The Morgan fingerprint density at radius 2 is 2.14 bits per heavy atom. The van der Waals surface area contributed by atoms with Crippen LogP contribution in [-0.2, 0) is 5.54 Å². The lowest BCUT2D eigenvalue weighted by molar-refractivity contribution is 0.592. The minimum absolute atomic E-state index is 0.224. The van der Waals surface area contributed by atoms with Crippen LogP contribution < -0.4 is 16.6 Å². The smallest absolute Gasteiger partial charge is 0.290 e. The number of nitrogens with one attached hydrogen (secondary N) is 2. The molecule has 0 aliphatic carbocycles. The van der Waals surface area contributed by atoms with E-state index in [4.69, 9.17) is 5.73 Å². The lowest BCUT2D eigenvalue weighted by Gasteiger charge is -2.29. The van der Waals surface area contributed by atoms with E-state index in [1.54, 1.807) is 18.0 Å². The number of nitrogens with zero attached hydrogens (tertiary/aromatic N) is 1. The molecule has 0 bridgehead atoms. The summed E-state index contributed by atoms with van der Waals surface area (Å²) in [6.45, 7) is 4.69. The molecule has 0 saturated heterocycles. The zero-order chi connectivity index (χ0) is 15.3. The van der Waals surface area contributed by atoms with Crippen molar-refractivity contribution < 1.29 is 0 Å². The molecule has 0 saturated carbocycles. The van der Waals surface area contributed by atoms with Gasteiger partial charge in [-0.1, -0.05) is 18.2 Å². The highest BCUT2D eigenvalue weighted by atomic mass is 32.2. The molecule has 2 rings (SSSR count). The molecule has 0 spiro atoms. The fourth-order valence-electron chi connectivity index (χ4n) is 2.08. The molecule has 1 heterocycles. The SMILES string of the molecule is CC(C)(Nc1ncc[nH]c1=O)c1ccccc1SCCN. The topological polar surface area (TPSA) is 83.8 Å². The molecule has 5 nitrogen and oxygen atoms in total. The monoisotopic (exact) mass is 304 g/mol. The van der Waals surface area contributed by atoms with Crippen LogP contribution in [0.25, 0.3) is 0 Å². The van der Waals surface area contributed by atoms with E-state index in [0.29, 0.717) is 12.4 Å². The van der Waals surface area contributed by atoms with Crippen molar-refractivity contribution in [1.29, 1.82) is 0 Å². The molecule has 112 valence electrons. The van der Waals surface area contributed by atoms with E-state index < -0.39 is 5.54 Å². The van der Waals surface area contributed by atoms with Crippen molar-refractivity contribution in [2.45, 2.75) is 24.3 Å². The normalized spacial score (nSPS) is 11.4. The first-order valence-electron chi connectivity index (χ1n) is 6.79. The third-order valence-corrected chi connectivity index (χ3v) is 4.18. The van der Waals surface area contributed by atoms with E-state index in [1.807, 2.05) is 26.0 Å². The van der Waals surface area contributed by atoms with Gasteiger partial charge in [0.2, 0.25) is 0 Å². The molecule has 4 N–H and O–H groups in total. The average Bonchev–Trinajstić information content (AvgIpc) is 2.47. The van der Waals surface area contributed by atoms with Crippen LogP contribution in [0.1, 0.15) is 19.4 Å². The van der Waals surface area contributed by atoms with Gasteiger partial charge in [-0.15, -0.1) is 11.8 Å². The van der Waals surface area contributed by atoms with Crippen molar-refractivity contribution >= 4 is 17.6 Å². The Bertz CT molecular complexity index is 654. The number of nitrogens with two attached hydrogens (primary N) is 1. The highest BCUT2D eigenvalue weighted by Crippen LogP contribution is 2.32. The third-order valence-electron chi connectivity index (χ3n) is 3.07. The quantitative estimate of drug-likeness (QED) is 0.712. The van der Waals surface area contributed by atoms with Gasteiger partial charge in [0, 0.05) is 29.6 Å². The number of hydrogen-bond donors (Lipinski definition) is 3. The number of rotatable bonds is 6. The summed E-state index contributed by atoms with van der Waals surface area (Å²) in [6.07, 6.45) is 3.08. The maximum Gasteiger partial charge on any atom is 0.290 e. The second-order valence-electron chi connectivity index (χ2n) is 5.15. The Morgan fingerprint density at radius 1 is 1.38 bits per heavy atom. The minimum Gasteiger partial charge on any atom is -0.356 e. The van der Waals surface area contributed by atoms with Gasteiger partial charge in [-0.25, -0.2) is 4.98 Å². The van der Waals surface area contributed by atoms with Gasteiger partial charge in [-0.3, -0.25) is 4.79 Å². The highest BCUT2D eigenvalue weighted by molar-refractivity contribution is 7.99. The summed E-state index contributed by atoms with van der Waals surface area (Å²) in [4.78, 5) is 19.7. The van der Waals surface area contributed by atoms with Crippen molar-refractivity contribution in [2.75, 3.05) is 17.6 Å². The zero-order valence-corrected chi connectivity index (χ0v) is 13.0. The van der Waals surface area contributed by atoms with E-state index in [2.05, 4.69) is 27.4 Å². The fraction of sp³-hybridized carbons (Fsp3) is 0.333. The standard InChI is InChI=1S/C15H20N4OS/c1-15(2,19-13-14(20)18-9-8-17-13)11-5-3-4-6-12(11)21-10-7-16/h3-6,8-9H,7,10,16H2,1-2H3,(H,17,19)(H,18,20). The second kappa shape index (κ2) is 6.78. The molecular formula is C15H20N4OS. The van der Waals surface area contributed by atoms with E-state index in [9.17, 15) is 4.79 Å². The van der Waals surface area contributed by atoms with Gasteiger partial charge in [0.05, 0.1) is 5.54 Å². The van der Waals surface area contributed by atoms with Crippen molar-refractivity contribution in [3.05, 3.63) is 52.6 Å². The van der Waals surface area contributed by atoms with Gasteiger partial charge in [0.15, 0.2) is 5.82 Å². The Morgan fingerprint density at radius 3 is 2.86 bits per heavy atom. The first-order chi connectivity index (χ1) is 10.0. The Labute approximate surface area is 128 Å². The van der Waals surface area contributed by atoms with E-state index in [1.165, 1.54) is 6.20 Å². The molecule has 0 unspecified atom stereocenters. The molecule has 1 aromatic carbocycles. The van der Waals surface area contributed by atoms with Crippen LogP contribution in [0.3, 0.4) is 0 Å². The highest BCUT2D eigenvalue weighted by Gasteiger charge is 2.24. The van der Waals surface area contributed by atoms with E-state index in [0.717, 1.165) is 16.2 Å². The Balaban J connectivity index is 2.31. The number of anilines is 1. The van der Waals surface area contributed by atoms with Gasteiger partial charge >= 0.3 is 0 Å². The average molecular weight is 304 g/mol. The number of aromatic amines is 1. The van der Waals surface area contributed by atoms with Crippen LogP contribution >= 0.6 is 11.8 Å². The van der Waals surface area contributed by atoms with Gasteiger partial charge in [0.25, 0.3) is 5.56 Å². The van der Waals surface area contributed by atoms with E-state index in [-0.39, 0.29) is 5.56 Å². The van der Waals surface area contributed by atoms with Gasteiger partial charge < -0.3 is 16.0 Å². The number of hydrogen-bond acceptors (Lipinski definition) is 5. The summed E-state index contributed by atoms with van der Waals surface area (Å²) < 4.78 is 0. The van der Waals surface area contributed by atoms with Gasteiger partial charge in [-0.05, 0) is 25.5 Å². The Hall–Kier alpha value is -1.79. The number of thioether (sulfide) groups is 1. The molecule has 0 fully saturated rings. The maximum atomic E-state index is 11.8. The predicted octanol–water partition coefficient (Wildman–Crippen LogP) is 2.17. The molecule has 6 heteroatoms. The largest absolute Gasteiger partial charge is 0.356 e. The third kappa shape index (κ3) is 3.86. The van der Waals surface area contributed by atoms with Crippen LogP contribution in [0, 0.1) is 0 Å². The van der Waals surface area contributed by atoms with Crippen LogP contribution in [0.5, 0.6) is 0 Å². The second-order valence-corrected chi connectivity index (χ2v) is 6.29. The molecule has 0 amide bonds. The molecule has 21 heavy (non-hydrogen) atoms. The Kier molecular flexibility index (Phi) is 5.03. The van der Waals surface area contributed by atoms with Crippen LogP contribution in [-0.4, -0.2) is 22.3 Å². The number of H-pyrrole nitrogens is 1. The first kappa shape index (κ1) is 15.6. The lowest BCUT2D eigenvalue weighted by Crippen LogP contribution is -2.32. The fourth-order valence-corrected chi connectivity index (χ4v) is 3.07. The number of benzene rings is 1. The van der Waals surface area contributed by atoms with Crippen LogP contribution in [0.2, 0.25) is 0 Å². The van der Waals surface area contributed by atoms with E-state index >= 15 is 0 Å². The summed E-state index contributed by atoms with van der Waals surface area (Å²) in [5.74, 6) is 1.18. The summed E-state index contributed by atoms with van der Waals surface area (Å²) >= 11 is 1.72. The number of aromatic nitrogens is 2. The molecule has 1 aromatic heterocycles. The van der Waals surface area contributed by atoms with Crippen molar-refractivity contribution in [3.8, 4) is 0 Å². The van der Waals surface area contributed by atoms with Crippen LogP contribution in [0.4, 0.5) is 5.82 Å². The van der Waals surface area contributed by atoms with Crippen LogP contribution in [0.15, 0.2) is 46.3 Å². The zero-order valence-electron chi connectivity index (χ0n) is 12.2. The van der Waals surface area contributed by atoms with Crippen molar-refractivity contribution in [3.63, 3.8) is 0 Å². The molecular weight excluding hydrogens is 284 g/mol. The minimum atomic E-state index is -0.417. The lowest BCUT2D eigenvalue weighted by atomic mass is 9.94. The summed E-state index contributed by atoms with van der Waals surface area (Å²) in [5.41, 5.74) is 6.06. The predicted molar refractivity (Wildman–Crippen MR) is 87.7 cm³/mol. The van der Waals surface area contributed by atoms with Crippen molar-refractivity contribution in [1.82, 2.24) is 9.97 Å². The summed E-state index contributed by atoms with van der Waals surface area (Å²) in [6, 6.07) is 8.13.